The molecular formula is C16H25N5O3. The zero-order valence-corrected chi connectivity index (χ0v) is 14.5. The highest BCUT2D eigenvalue weighted by Crippen LogP contribution is 2.10. The van der Waals surface area contributed by atoms with Crippen LogP contribution in [0.25, 0.3) is 0 Å². The molecule has 0 spiro atoms. The molecule has 0 bridgehead atoms. The van der Waals surface area contributed by atoms with Crippen LogP contribution in [0.2, 0.25) is 0 Å². The Labute approximate surface area is 142 Å². The Kier molecular flexibility index (Phi) is 6.34. The number of anilines is 1. The quantitative estimate of drug-likeness (QED) is 0.879. The van der Waals surface area contributed by atoms with Gasteiger partial charge in [0, 0.05) is 44.6 Å². The van der Waals surface area contributed by atoms with Crippen LogP contribution in [0.1, 0.15) is 37.6 Å². The van der Waals surface area contributed by atoms with Gasteiger partial charge in [-0.15, -0.1) is 0 Å². The Morgan fingerprint density at radius 2 is 1.75 bits per heavy atom. The number of carbonyl (C=O) groups excluding carboxylic acids is 2. The molecule has 1 aromatic rings. The van der Waals surface area contributed by atoms with Crippen LogP contribution >= 0.6 is 0 Å². The highest BCUT2D eigenvalue weighted by atomic mass is 16.6. The summed E-state index contributed by atoms with van der Waals surface area (Å²) >= 11 is 0. The van der Waals surface area contributed by atoms with E-state index in [9.17, 15) is 9.59 Å². The van der Waals surface area contributed by atoms with E-state index in [4.69, 9.17) is 4.74 Å². The molecule has 0 saturated carbocycles. The van der Waals surface area contributed by atoms with E-state index in [-0.39, 0.29) is 18.0 Å². The maximum Gasteiger partial charge on any atom is 0.409 e. The first-order valence-corrected chi connectivity index (χ1v) is 8.34. The maximum atomic E-state index is 12.5. The van der Waals surface area contributed by atoms with Crippen LogP contribution in [0, 0.1) is 0 Å². The minimum Gasteiger partial charge on any atom is -0.450 e. The van der Waals surface area contributed by atoms with Gasteiger partial charge in [0.05, 0.1) is 12.2 Å². The molecular weight excluding hydrogens is 310 g/mol. The molecule has 1 aliphatic heterocycles. The smallest absolute Gasteiger partial charge is 0.409 e. The molecule has 24 heavy (non-hydrogen) atoms. The summed E-state index contributed by atoms with van der Waals surface area (Å²) in [4.78, 5) is 35.9. The van der Waals surface area contributed by atoms with E-state index in [0.29, 0.717) is 44.3 Å². The number of amides is 2. The predicted molar refractivity (Wildman–Crippen MR) is 89.9 cm³/mol. The van der Waals surface area contributed by atoms with Crippen molar-refractivity contribution >= 4 is 17.9 Å². The molecule has 1 aromatic heterocycles. The van der Waals surface area contributed by atoms with Crippen molar-refractivity contribution in [3.8, 4) is 0 Å². The molecule has 1 N–H and O–H groups in total. The lowest BCUT2D eigenvalue weighted by molar-refractivity contribution is 0.0570. The molecule has 0 radical (unpaired) electrons. The van der Waals surface area contributed by atoms with Gasteiger partial charge < -0.3 is 19.9 Å². The largest absolute Gasteiger partial charge is 0.450 e. The van der Waals surface area contributed by atoms with Crippen molar-refractivity contribution < 1.29 is 14.3 Å². The number of hydrogen-bond donors (Lipinski definition) is 1. The van der Waals surface area contributed by atoms with Crippen LogP contribution in [0.3, 0.4) is 0 Å². The number of rotatable bonds is 5. The van der Waals surface area contributed by atoms with Crippen LogP contribution in [0.5, 0.6) is 0 Å². The second kappa shape index (κ2) is 8.47. The van der Waals surface area contributed by atoms with E-state index in [1.54, 1.807) is 16.7 Å². The third-order valence-corrected chi connectivity index (χ3v) is 3.98. The average molecular weight is 335 g/mol. The van der Waals surface area contributed by atoms with Crippen molar-refractivity contribution in [3.63, 3.8) is 0 Å². The highest BCUT2D eigenvalue weighted by molar-refractivity contribution is 5.93. The van der Waals surface area contributed by atoms with Crippen molar-refractivity contribution in [2.75, 3.05) is 38.1 Å². The van der Waals surface area contributed by atoms with E-state index in [2.05, 4.69) is 22.2 Å². The summed E-state index contributed by atoms with van der Waals surface area (Å²) in [5, 5.41) is 3.16. The highest BCUT2D eigenvalue weighted by Gasteiger charge is 2.25. The number of ether oxygens (including phenoxy) is 1. The topological polar surface area (TPSA) is 87.7 Å². The van der Waals surface area contributed by atoms with Gasteiger partial charge in [0.2, 0.25) is 5.95 Å². The molecule has 1 aliphatic rings. The lowest BCUT2D eigenvalue weighted by Gasteiger charge is -2.34. The van der Waals surface area contributed by atoms with Gasteiger partial charge in [-0.1, -0.05) is 6.92 Å². The molecule has 0 aromatic carbocycles. The third kappa shape index (κ3) is 4.56. The number of carbonyl (C=O) groups is 2. The van der Waals surface area contributed by atoms with Crippen LogP contribution in [-0.2, 0) is 4.74 Å². The molecule has 8 nitrogen and oxygen atoms in total. The summed E-state index contributed by atoms with van der Waals surface area (Å²) in [6.07, 6.45) is 3.72. The van der Waals surface area contributed by atoms with E-state index in [1.165, 1.54) is 12.4 Å². The first-order chi connectivity index (χ1) is 11.5. The van der Waals surface area contributed by atoms with Gasteiger partial charge in [0.25, 0.3) is 5.91 Å². The molecule has 0 aliphatic carbocycles. The molecule has 1 unspecified atom stereocenters. The van der Waals surface area contributed by atoms with Gasteiger partial charge >= 0.3 is 6.09 Å². The lowest BCUT2D eigenvalue weighted by Crippen LogP contribution is -2.50. The van der Waals surface area contributed by atoms with E-state index in [1.807, 2.05) is 6.92 Å². The maximum absolute atomic E-state index is 12.5. The Bertz CT molecular complexity index is 555. The van der Waals surface area contributed by atoms with E-state index in [0.717, 1.165) is 6.42 Å². The monoisotopic (exact) mass is 335 g/mol. The summed E-state index contributed by atoms with van der Waals surface area (Å²) < 4.78 is 4.97. The Morgan fingerprint density at radius 1 is 1.17 bits per heavy atom. The van der Waals surface area contributed by atoms with Gasteiger partial charge in [-0.25, -0.2) is 14.8 Å². The van der Waals surface area contributed by atoms with Crippen molar-refractivity contribution in [2.45, 2.75) is 33.2 Å². The number of aromatic nitrogens is 2. The average Bonchev–Trinajstić information content (AvgIpc) is 2.62. The van der Waals surface area contributed by atoms with Crippen LogP contribution in [0.4, 0.5) is 10.7 Å². The van der Waals surface area contributed by atoms with Crippen LogP contribution < -0.4 is 5.32 Å². The van der Waals surface area contributed by atoms with Crippen molar-refractivity contribution in [1.82, 2.24) is 19.8 Å². The summed E-state index contributed by atoms with van der Waals surface area (Å²) in [7, 11) is 0. The van der Waals surface area contributed by atoms with Crippen molar-refractivity contribution in [3.05, 3.63) is 18.0 Å². The summed E-state index contributed by atoms with van der Waals surface area (Å²) in [5.74, 6) is 0.404. The fourth-order valence-corrected chi connectivity index (χ4v) is 2.32. The number of nitrogens with zero attached hydrogens (tertiary/aromatic N) is 4. The second-order valence-corrected chi connectivity index (χ2v) is 5.73. The minimum absolute atomic E-state index is 0.117. The molecule has 1 fully saturated rings. The van der Waals surface area contributed by atoms with Crippen molar-refractivity contribution in [1.29, 1.82) is 0 Å². The first-order valence-electron chi connectivity index (χ1n) is 8.34. The molecule has 1 atom stereocenters. The summed E-state index contributed by atoms with van der Waals surface area (Å²) in [5.41, 5.74) is 0.453. The SMILES string of the molecule is CCOC(=O)N1CCN(C(=O)c2cnc(NC(C)CC)nc2)CC1. The summed E-state index contributed by atoms with van der Waals surface area (Å²) in [6.45, 7) is 8.15. The van der Waals surface area contributed by atoms with E-state index < -0.39 is 0 Å². The first kappa shape index (κ1) is 18.0. The van der Waals surface area contributed by atoms with Gasteiger partial charge in [-0.3, -0.25) is 4.79 Å². The predicted octanol–water partition coefficient (Wildman–Crippen LogP) is 1.60. The Hall–Kier alpha value is -2.38. The second-order valence-electron chi connectivity index (χ2n) is 5.73. The number of piperazine rings is 1. The lowest BCUT2D eigenvalue weighted by atomic mass is 10.2. The normalized spacial score (nSPS) is 15.8. The van der Waals surface area contributed by atoms with Crippen LogP contribution in [-0.4, -0.2) is 70.6 Å². The zero-order valence-electron chi connectivity index (χ0n) is 14.5. The van der Waals surface area contributed by atoms with Gasteiger partial charge in [0.1, 0.15) is 0 Å². The molecule has 8 heteroatoms. The van der Waals surface area contributed by atoms with Crippen LogP contribution in [0.15, 0.2) is 12.4 Å². The molecule has 132 valence electrons. The number of hydrogen-bond acceptors (Lipinski definition) is 6. The fraction of sp³-hybridized carbons (Fsp3) is 0.625. The van der Waals surface area contributed by atoms with Gasteiger partial charge in [-0.2, -0.15) is 0 Å². The third-order valence-electron chi connectivity index (χ3n) is 3.98. The van der Waals surface area contributed by atoms with E-state index >= 15 is 0 Å². The molecule has 1 saturated heterocycles. The van der Waals surface area contributed by atoms with Gasteiger partial charge in [0.15, 0.2) is 0 Å². The number of nitrogens with one attached hydrogen (secondary N) is 1. The molecule has 2 heterocycles. The summed E-state index contributed by atoms with van der Waals surface area (Å²) in [6, 6.07) is 0.280. The molecule has 2 amide bonds. The minimum atomic E-state index is -0.326. The van der Waals surface area contributed by atoms with Crippen molar-refractivity contribution in [2.24, 2.45) is 0 Å². The Morgan fingerprint density at radius 3 is 2.29 bits per heavy atom. The Balaban J connectivity index is 1.89. The van der Waals surface area contributed by atoms with Gasteiger partial charge in [-0.05, 0) is 20.3 Å². The zero-order chi connectivity index (χ0) is 17.5. The fourth-order valence-electron chi connectivity index (χ4n) is 2.32. The molecule has 2 rings (SSSR count). The standard InChI is InChI=1S/C16H25N5O3/c1-4-12(3)19-15-17-10-13(11-18-15)14(22)20-6-8-21(9-7-20)16(23)24-5-2/h10-12H,4-9H2,1-3H3,(H,17,18,19).